The average molecular weight is 247 g/mol. The molecule has 16 heavy (non-hydrogen) atoms. The van der Waals surface area contributed by atoms with E-state index in [0.29, 0.717) is 25.2 Å². The van der Waals surface area contributed by atoms with Crippen molar-refractivity contribution in [1.29, 1.82) is 0 Å². The van der Waals surface area contributed by atoms with Crippen molar-refractivity contribution in [1.82, 2.24) is 5.32 Å². The van der Waals surface area contributed by atoms with Gasteiger partial charge in [-0.15, -0.1) is 11.8 Å². The van der Waals surface area contributed by atoms with E-state index in [9.17, 15) is 9.59 Å². The Balaban J connectivity index is 2.25. The second-order valence-corrected chi connectivity index (χ2v) is 4.94. The number of methoxy groups -OCH3 is 1. The van der Waals surface area contributed by atoms with E-state index >= 15 is 0 Å². The average Bonchev–Trinajstić information content (AvgIpc) is 2.18. The van der Waals surface area contributed by atoms with Crippen LogP contribution >= 0.6 is 11.8 Å². The number of thioether (sulfide) groups is 1. The maximum Gasteiger partial charge on any atom is 0.329 e. The fourth-order valence-corrected chi connectivity index (χ4v) is 2.22. The zero-order valence-corrected chi connectivity index (χ0v) is 10.1. The molecule has 5 nitrogen and oxygen atoms in total. The lowest BCUT2D eigenvalue weighted by molar-refractivity contribution is -0.151. The molecule has 1 amide bonds. The van der Waals surface area contributed by atoms with Crippen molar-refractivity contribution >= 4 is 23.6 Å². The molecule has 0 heterocycles. The molecule has 0 spiro atoms. The summed E-state index contributed by atoms with van der Waals surface area (Å²) in [5.74, 6) is -0.0975. The molecular weight excluding hydrogens is 230 g/mol. The summed E-state index contributed by atoms with van der Waals surface area (Å²) >= 11 is 1.44. The molecule has 0 aromatic carbocycles. The first kappa shape index (κ1) is 13.3. The van der Waals surface area contributed by atoms with Crippen molar-refractivity contribution in [2.45, 2.75) is 24.8 Å². The van der Waals surface area contributed by atoms with Crippen molar-refractivity contribution in [2.24, 2.45) is 0 Å². The number of amides is 1. The Morgan fingerprint density at radius 3 is 2.62 bits per heavy atom. The molecule has 1 rings (SSSR count). The minimum absolute atomic E-state index is 0.205. The van der Waals surface area contributed by atoms with Crippen molar-refractivity contribution < 1.29 is 19.4 Å². The maximum absolute atomic E-state index is 11.5. The van der Waals surface area contributed by atoms with Crippen LogP contribution in [0.2, 0.25) is 0 Å². The van der Waals surface area contributed by atoms with Crippen LogP contribution in [-0.4, -0.2) is 47.7 Å². The standard InChI is InChI=1S/C10H17NO4S/c1-15-5-6-16-7-8(12)11-10(9(13)14)3-2-4-10/h2-7H2,1H3,(H,11,12)(H,13,14). The quantitative estimate of drug-likeness (QED) is 0.640. The van der Waals surface area contributed by atoms with E-state index in [1.54, 1.807) is 7.11 Å². The number of carboxylic acids is 1. The van der Waals surface area contributed by atoms with E-state index in [-0.39, 0.29) is 5.91 Å². The smallest absolute Gasteiger partial charge is 0.329 e. The first-order valence-electron chi connectivity index (χ1n) is 5.22. The molecule has 0 bridgehead atoms. The van der Waals surface area contributed by atoms with E-state index in [1.807, 2.05) is 0 Å². The van der Waals surface area contributed by atoms with Crippen LogP contribution in [-0.2, 0) is 14.3 Å². The number of carboxylic acid groups (broad SMARTS) is 1. The van der Waals surface area contributed by atoms with Crippen LogP contribution in [0.5, 0.6) is 0 Å². The summed E-state index contributed by atoms with van der Waals surface area (Å²) in [5.41, 5.74) is -0.987. The van der Waals surface area contributed by atoms with E-state index in [2.05, 4.69) is 5.32 Å². The molecule has 1 fully saturated rings. The number of nitrogens with one attached hydrogen (secondary N) is 1. The second-order valence-electron chi connectivity index (χ2n) is 3.83. The van der Waals surface area contributed by atoms with Crippen molar-refractivity contribution in [3.05, 3.63) is 0 Å². The summed E-state index contributed by atoms with van der Waals surface area (Å²) in [7, 11) is 1.61. The number of hydrogen-bond donors (Lipinski definition) is 2. The van der Waals surface area contributed by atoms with Gasteiger partial charge in [0.2, 0.25) is 5.91 Å². The Morgan fingerprint density at radius 1 is 1.50 bits per heavy atom. The lowest BCUT2D eigenvalue weighted by atomic mass is 9.77. The molecular formula is C10H17NO4S. The molecule has 0 atom stereocenters. The molecule has 0 unspecified atom stereocenters. The Bertz CT molecular complexity index is 266. The molecule has 0 aliphatic heterocycles. The molecule has 2 N–H and O–H groups in total. The highest BCUT2D eigenvalue weighted by molar-refractivity contribution is 7.99. The Morgan fingerprint density at radius 2 is 2.19 bits per heavy atom. The first-order chi connectivity index (χ1) is 7.60. The van der Waals surface area contributed by atoms with Gasteiger partial charge in [0.15, 0.2) is 0 Å². The predicted octanol–water partition coefficient (Wildman–Crippen LogP) is 0.489. The fourth-order valence-electron chi connectivity index (χ4n) is 1.53. The SMILES string of the molecule is COCCSCC(=O)NC1(C(=O)O)CCC1. The van der Waals surface area contributed by atoms with Gasteiger partial charge in [-0.3, -0.25) is 4.79 Å². The summed E-state index contributed by atoms with van der Waals surface area (Å²) in [4.78, 5) is 22.5. The maximum atomic E-state index is 11.5. The van der Waals surface area contributed by atoms with Crippen LogP contribution in [0, 0.1) is 0 Å². The van der Waals surface area contributed by atoms with Gasteiger partial charge < -0.3 is 15.2 Å². The Kier molecular flexibility index (Phi) is 5.08. The molecule has 0 radical (unpaired) electrons. The van der Waals surface area contributed by atoms with E-state index < -0.39 is 11.5 Å². The van der Waals surface area contributed by atoms with Gasteiger partial charge in [0.1, 0.15) is 5.54 Å². The monoisotopic (exact) mass is 247 g/mol. The third-order valence-corrected chi connectivity index (χ3v) is 3.58. The van der Waals surface area contributed by atoms with Crippen molar-refractivity contribution in [2.75, 3.05) is 25.2 Å². The second kappa shape index (κ2) is 6.10. The van der Waals surface area contributed by atoms with Gasteiger partial charge in [-0.1, -0.05) is 0 Å². The van der Waals surface area contributed by atoms with Gasteiger partial charge in [0, 0.05) is 12.9 Å². The van der Waals surface area contributed by atoms with Gasteiger partial charge in [0.25, 0.3) is 0 Å². The molecule has 1 aliphatic rings. The molecule has 0 aromatic rings. The van der Waals surface area contributed by atoms with Crippen LogP contribution in [0.15, 0.2) is 0 Å². The number of carbonyl (C=O) groups excluding carboxylic acids is 1. The molecule has 1 saturated carbocycles. The zero-order valence-electron chi connectivity index (χ0n) is 9.32. The largest absolute Gasteiger partial charge is 0.480 e. The zero-order chi connectivity index (χ0) is 12.0. The normalized spacial score (nSPS) is 17.6. The fraction of sp³-hybridized carbons (Fsp3) is 0.800. The van der Waals surface area contributed by atoms with E-state index in [1.165, 1.54) is 11.8 Å². The van der Waals surface area contributed by atoms with Crippen LogP contribution in [0.4, 0.5) is 0 Å². The van der Waals surface area contributed by atoms with Gasteiger partial charge in [-0.2, -0.15) is 0 Å². The number of carbonyl (C=O) groups is 2. The summed E-state index contributed by atoms with van der Waals surface area (Å²) in [6.45, 7) is 0.599. The number of rotatable bonds is 7. The van der Waals surface area contributed by atoms with Crippen LogP contribution in [0.1, 0.15) is 19.3 Å². The van der Waals surface area contributed by atoms with Gasteiger partial charge in [0.05, 0.1) is 12.4 Å². The van der Waals surface area contributed by atoms with Crippen molar-refractivity contribution in [3.63, 3.8) is 0 Å². The minimum atomic E-state index is -0.987. The summed E-state index contributed by atoms with van der Waals surface area (Å²) in [5, 5.41) is 11.6. The van der Waals surface area contributed by atoms with Gasteiger partial charge in [-0.25, -0.2) is 4.79 Å². The predicted molar refractivity (Wildman–Crippen MR) is 61.6 cm³/mol. The van der Waals surface area contributed by atoms with Crippen LogP contribution in [0.3, 0.4) is 0 Å². The highest BCUT2D eigenvalue weighted by atomic mass is 32.2. The van der Waals surface area contributed by atoms with E-state index in [4.69, 9.17) is 9.84 Å². The van der Waals surface area contributed by atoms with Gasteiger partial charge >= 0.3 is 5.97 Å². The Labute approximate surface area is 98.9 Å². The Hall–Kier alpha value is -0.750. The van der Waals surface area contributed by atoms with E-state index in [0.717, 1.165) is 12.2 Å². The summed E-state index contributed by atoms with van der Waals surface area (Å²) in [6, 6.07) is 0. The van der Waals surface area contributed by atoms with Crippen LogP contribution < -0.4 is 5.32 Å². The molecule has 1 aliphatic carbocycles. The summed E-state index contributed by atoms with van der Waals surface area (Å²) in [6.07, 6.45) is 1.94. The molecule has 6 heteroatoms. The highest BCUT2D eigenvalue weighted by Gasteiger charge is 2.45. The topological polar surface area (TPSA) is 75.6 Å². The molecule has 0 aromatic heterocycles. The number of ether oxygens (including phenoxy) is 1. The van der Waals surface area contributed by atoms with Gasteiger partial charge in [-0.05, 0) is 19.3 Å². The third kappa shape index (κ3) is 3.38. The summed E-state index contributed by atoms with van der Waals surface area (Å²) < 4.78 is 4.85. The number of hydrogen-bond acceptors (Lipinski definition) is 4. The number of aliphatic carboxylic acids is 1. The molecule has 0 saturated heterocycles. The highest BCUT2D eigenvalue weighted by Crippen LogP contribution is 2.32. The lowest BCUT2D eigenvalue weighted by Crippen LogP contribution is -2.59. The van der Waals surface area contributed by atoms with Crippen LogP contribution in [0.25, 0.3) is 0 Å². The third-order valence-electron chi connectivity index (χ3n) is 2.66. The lowest BCUT2D eigenvalue weighted by Gasteiger charge is -2.38. The minimum Gasteiger partial charge on any atom is -0.480 e. The first-order valence-corrected chi connectivity index (χ1v) is 6.37. The van der Waals surface area contributed by atoms with Crippen molar-refractivity contribution in [3.8, 4) is 0 Å². The molecule has 92 valence electrons.